The van der Waals surface area contributed by atoms with Gasteiger partial charge in [-0.1, -0.05) is 24.3 Å². The van der Waals surface area contributed by atoms with Gasteiger partial charge in [0.1, 0.15) is 11.6 Å². The first-order valence-electron chi connectivity index (χ1n) is 11.4. The Bertz CT molecular complexity index is 1060. The molecule has 1 aromatic heterocycles. The molecule has 33 heavy (non-hydrogen) atoms. The lowest BCUT2D eigenvalue weighted by Gasteiger charge is -2.36. The molecular weight excluding hydrogens is 421 g/mol. The number of ether oxygens (including phenoxy) is 2. The lowest BCUT2D eigenvalue weighted by Crippen LogP contribution is -2.46. The fourth-order valence-corrected chi connectivity index (χ4v) is 4.45. The fraction of sp³-hybridized carbons (Fsp3) is 0.385. The first-order valence-corrected chi connectivity index (χ1v) is 11.4. The summed E-state index contributed by atoms with van der Waals surface area (Å²) >= 11 is 0. The van der Waals surface area contributed by atoms with Crippen molar-refractivity contribution in [2.75, 3.05) is 26.9 Å². The van der Waals surface area contributed by atoms with Gasteiger partial charge in [0.2, 0.25) is 5.91 Å². The Hall–Kier alpha value is -3.19. The summed E-state index contributed by atoms with van der Waals surface area (Å²) < 4.78 is 26.8. The second-order valence-electron chi connectivity index (χ2n) is 8.49. The third-order valence-corrected chi connectivity index (χ3v) is 6.28. The van der Waals surface area contributed by atoms with Crippen molar-refractivity contribution in [2.24, 2.45) is 5.41 Å². The minimum Gasteiger partial charge on any atom is -0.496 e. The van der Waals surface area contributed by atoms with E-state index >= 15 is 0 Å². The molecule has 0 unspecified atom stereocenters. The highest BCUT2D eigenvalue weighted by Crippen LogP contribution is 2.37. The molecule has 4 rings (SSSR count). The molecule has 2 aromatic carbocycles. The summed E-state index contributed by atoms with van der Waals surface area (Å²) in [6, 6.07) is 14.3. The zero-order valence-corrected chi connectivity index (χ0v) is 18.9. The molecule has 174 valence electrons. The van der Waals surface area contributed by atoms with E-state index < -0.39 is 5.41 Å². The number of nitrogens with one attached hydrogen (secondary N) is 1. The van der Waals surface area contributed by atoms with Crippen molar-refractivity contribution in [1.29, 1.82) is 0 Å². The lowest BCUT2D eigenvalue weighted by molar-refractivity contribution is -0.136. The van der Waals surface area contributed by atoms with Crippen molar-refractivity contribution >= 4 is 5.91 Å². The maximum Gasteiger partial charge on any atom is 0.226 e. The van der Waals surface area contributed by atoms with E-state index in [1.54, 1.807) is 19.4 Å². The molecule has 7 heteroatoms. The number of carbonyl (C=O) groups excluding carboxylic acids is 1. The van der Waals surface area contributed by atoms with Crippen LogP contribution < -0.4 is 10.1 Å². The van der Waals surface area contributed by atoms with Gasteiger partial charge in [0, 0.05) is 44.3 Å². The Morgan fingerprint density at radius 2 is 2.06 bits per heavy atom. The maximum atomic E-state index is 13.9. The topological polar surface area (TPSA) is 65.4 Å². The summed E-state index contributed by atoms with van der Waals surface area (Å²) in [6.07, 6.45) is 6.43. The van der Waals surface area contributed by atoms with Crippen LogP contribution in [0.15, 0.2) is 60.9 Å². The molecule has 0 saturated carbocycles. The number of rotatable bonds is 9. The highest BCUT2D eigenvalue weighted by Gasteiger charge is 2.40. The van der Waals surface area contributed by atoms with Crippen LogP contribution in [0.4, 0.5) is 4.39 Å². The van der Waals surface area contributed by atoms with E-state index in [4.69, 9.17) is 9.47 Å². The third-order valence-electron chi connectivity index (χ3n) is 6.28. The number of aryl methyl sites for hydroxylation is 1. The molecule has 1 aliphatic heterocycles. The smallest absolute Gasteiger partial charge is 0.226 e. The summed E-state index contributed by atoms with van der Waals surface area (Å²) in [5.41, 5.74) is 2.08. The van der Waals surface area contributed by atoms with Gasteiger partial charge in [-0.3, -0.25) is 9.48 Å². The Labute approximate surface area is 193 Å². The molecule has 0 aliphatic carbocycles. The zero-order valence-electron chi connectivity index (χ0n) is 18.9. The number of benzene rings is 2. The minimum absolute atomic E-state index is 0.0694. The Kier molecular flexibility index (Phi) is 7.40. The van der Waals surface area contributed by atoms with Crippen molar-refractivity contribution in [3.63, 3.8) is 0 Å². The van der Waals surface area contributed by atoms with Crippen molar-refractivity contribution in [3.05, 3.63) is 72.3 Å². The van der Waals surface area contributed by atoms with Gasteiger partial charge < -0.3 is 14.8 Å². The van der Waals surface area contributed by atoms with E-state index in [0.29, 0.717) is 50.3 Å². The van der Waals surface area contributed by atoms with E-state index in [1.165, 1.54) is 12.1 Å². The van der Waals surface area contributed by atoms with Gasteiger partial charge in [-0.25, -0.2) is 4.39 Å². The molecule has 1 aliphatic rings. The molecule has 2 heterocycles. The largest absolute Gasteiger partial charge is 0.496 e. The van der Waals surface area contributed by atoms with Crippen molar-refractivity contribution in [3.8, 4) is 16.9 Å². The van der Waals surface area contributed by atoms with Crippen molar-refractivity contribution < 1.29 is 18.7 Å². The summed E-state index contributed by atoms with van der Waals surface area (Å²) in [5.74, 6) is 0.371. The van der Waals surface area contributed by atoms with Crippen LogP contribution in [0.1, 0.15) is 24.8 Å². The van der Waals surface area contributed by atoms with Gasteiger partial charge >= 0.3 is 0 Å². The Balaban J connectivity index is 1.49. The average molecular weight is 452 g/mol. The number of hydrogen-bond acceptors (Lipinski definition) is 4. The van der Waals surface area contributed by atoms with E-state index in [0.717, 1.165) is 24.1 Å². The first kappa shape index (κ1) is 23.0. The van der Waals surface area contributed by atoms with Gasteiger partial charge in [-0.05, 0) is 61.1 Å². The van der Waals surface area contributed by atoms with Crippen LogP contribution in [0.3, 0.4) is 0 Å². The predicted molar refractivity (Wildman–Crippen MR) is 124 cm³/mol. The van der Waals surface area contributed by atoms with E-state index in [1.807, 2.05) is 41.2 Å². The number of carbonyl (C=O) groups is 1. The first-order chi connectivity index (χ1) is 16.1. The monoisotopic (exact) mass is 451 g/mol. The predicted octanol–water partition coefficient (Wildman–Crippen LogP) is 4.24. The summed E-state index contributed by atoms with van der Waals surface area (Å²) in [6.45, 7) is 2.50. The SMILES string of the molecule is COc1ccc(F)cc1-c1cccc(CC2(C(=O)NCCCn3cccn3)CCOCC2)c1. The third kappa shape index (κ3) is 5.60. The van der Waals surface area contributed by atoms with Gasteiger partial charge in [-0.2, -0.15) is 5.10 Å². The summed E-state index contributed by atoms with van der Waals surface area (Å²) in [5, 5.41) is 7.34. The highest BCUT2D eigenvalue weighted by atomic mass is 19.1. The number of nitrogens with zero attached hydrogens (tertiary/aromatic N) is 2. The molecule has 6 nitrogen and oxygen atoms in total. The normalized spacial score (nSPS) is 15.2. The summed E-state index contributed by atoms with van der Waals surface area (Å²) in [4.78, 5) is 13.3. The van der Waals surface area contributed by atoms with Crippen LogP contribution in [-0.4, -0.2) is 42.6 Å². The lowest BCUT2D eigenvalue weighted by atomic mass is 9.74. The van der Waals surface area contributed by atoms with Gasteiger partial charge in [0.15, 0.2) is 0 Å². The number of methoxy groups -OCH3 is 1. The number of hydrogen-bond donors (Lipinski definition) is 1. The molecule has 0 bridgehead atoms. The fourth-order valence-electron chi connectivity index (χ4n) is 4.45. The van der Waals surface area contributed by atoms with Crippen LogP contribution >= 0.6 is 0 Å². The van der Waals surface area contributed by atoms with E-state index in [2.05, 4.69) is 10.4 Å². The molecule has 1 fully saturated rings. The van der Waals surface area contributed by atoms with Crippen molar-refractivity contribution in [2.45, 2.75) is 32.2 Å². The van der Waals surface area contributed by atoms with Gasteiger partial charge in [-0.15, -0.1) is 0 Å². The van der Waals surface area contributed by atoms with Crippen LogP contribution in [0.2, 0.25) is 0 Å². The maximum absolute atomic E-state index is 13.9. The average Bonchev–Trinajstić information content (AvgIpc) is 3.36. The van der Waals surface area contributed by atoms with Crippen LogP contribution in [0.25, 0.3) is 11.1 Å². The van der Waals surface area contributed by atoms with E-state index in [-0.39, 0.29) is 11.7 Å². The molecular formula is C26H30FN3O3. The number of amides is 1. The minimum atomic E-state index is -0.519. The van der Waals surface area contributed by atoms with Crippen LogP contribution in [0, 0.1) is 11.2 Å². The zero-order chi connectivity index (χ0) is 23.1. The van der Waals surface area contributed by atoms with Gasteiger partial charge in [0.25, 0.3) is 0 Å². The van der Waals surface area contributed by atoms with Crippen LogP contribution in [-0.2, 0) is 22.5 Å². The second-order valence-corrected chi connectivity index (χ2v) is 8.49. The van der Waals surface area contributed by atoms with Crippen LogP contribution in [0.5, 0.6) is 5.75 Å². The van der Waals surface area contributed by atoms with E-state index in [9.17, 15) is 9.18 Å². The van der Waals surface area contributed by atoms with Gasteiger partial charge in [0.05, 0.1) is 12.5 Å². The Morgan fingerprint density at radius 1 is 1.21 bits per heavy atom. The molecule has 1 N–H and O–H groups in total. The molecule has 0 atom stereocenters. The number of halogens is 1. The Morgan fingerprint density at radius 3 is 2.82 bits per heavy atom. The summed E-state index contributed by atoms with van der Waals surface area (Å²) in [7, 11) is 1.58. The molecule has 0 radical (unpaired) electrons. The quantitative estimate of drug-likeness (QED) is 0.494. The highest BCUT2D eigenvalue weighted by molar-refractivity contribution is 5.83. The van der Waals surface area contributed by atoms with Crippen molar-refractivity contribution in [1.82, 2.24) is 15.1 Å². The number of aromatic nitrogens is 2. The second kappa shape index (κ2) is 10.6. The molecule has 1 amide bonds. The molecule has 3 aromatic rings. The molecule has 1 saturated heterocycles. The molecule has 0 spiro atoms. The standard InChI is InChI=1S/C26H30FN3O3/c1-32-24-8-7-22(27)18-23(24)21-6-2-5-20(17-21)19-26(9-15-33-16-10-26)25(31)28-11-3-13-30-14-4-12-29-30/h2,4-8,12,14,17-18H,3,9-11,13,15-16,19H2,1H3,(H,28,31).